The van der Waals surface area contributed by atoms with Gasteiger partial charge in [-0.05, 0) is 13.0 Å². The van der Waals surface area contributed by atoms with Crippen molar-refractivity contribution < 1.29 is 14.1 Å². The van der Waals surface area contributed by atoms with Gasteiger partial charge in [0, 0.05) is 30.4 Å². The number of hydrogen-bond acceptors (Lipinski definition) is 9. The number of fused-ring (bicyclic) bond motifs is 1. The Kier molecular flexibility index (Phi) is 7.63. The fourth-order valence-corrected chi connectivity index (χ4v) is 5.13. The van der Waals surface area contributed by atoms with E-state index >= 15 is 0 Å². The summed E-state index contributed by atoms with van der Waals surface area (Å²) in [7, 11) is 0. The van der Waals surface area contributed by atoms with Crippen LogP contribution in [-0.2, 0) is 11.3 Å². The molecule has 0 aliphatic carbocycles. The van der Waals surface area contributed by atoms with Gasteiger partial charge in [0.05, 0.1) is 36.4 Å². The molecule has 1 amide bonds. The van der Waals surface area contributed by atoms with Crippen molar-refractivity contribution in [3.05, 3.63) is 46.8 Å². The summed E-state index contributed by atoms with van der Waals surface area (Å²) in [5.41, 5.74) is 2.17. The summed E-state index contributed by atoms with van der Waals surface area (Å²) in [6.45, 7) is 9.58. The number of hydrogen-bond donors (Lipinski definition) is 1. The fraction of sp³-hybridized carbons (Fsp3) is 0.400. The molecule has 37 heavy (non-hydrogen) atoms. The van der Waals surface area contributed by atoms with Crippen LogP contribution in [0.3, 0.4) is 0 Å². The molecule has 0 spiro atoms. The monoisotopic (exact) mass is 541 g/mol. The van der Waals surface area contributed by atoms with Crippen molar-refractivity contribution in [1.29, 1.82) is 0 Å². The number of rotatable bonds is 8. The van der Waals surface area contributed by atoms with Gasteiger partial charge in [0.1, 0.15) is 22.8 Å². The van der Waals surface area contributed by atoms with Crippen LogP contribution in [0.1, 0.15) is 30.0 Å². The molecule has 0 saturated carbocycles. The molecule has 1 saturated heterocycles. The number of aryl methyl sites for hydroxylation is 1. The second-order valence-electron chi connectivity index (χ2n) is 8.90. The molecule has 3 aromatic heterocycles. The number of morpholine rings is 1. The largest absolute Gasteiger partial charge is 0.378 e. The van der Waals surface area contributed by atoms with Crippen LogP contribution in [0.5, 0.6) is 0 Å². The molecule has 5 rings (SSSR count). The lowest BCUT2D eigenvalue weighted by Gasteiger charge is -2.28. The Morgan fingerprint density at radius 1 is 1.22 bits per heavy atom. The van der Waals surface area contributed by atoms with Crippen LogP contribution >= 0.6 is 23.4 Å². The van der Waals surface area contributed by atoms with Crippen molar-refractivity contribution in [1.82, 2.24) is 30.2 Å². The lowest BCUT2D eigenvalue weighted by molar-refractivity contribution is 0.0951. The molecule has 1 aliphatic rings. The van der Waals surface area contributed by atoms with Gasteiger partial charge in [-0.25, -0.2) is 14.6 Å². The van der Waals surface area contributed by atoms with Gasteiger partial charge in [-0.2, -0.15) is 5.10 Å². The Bertz CT molecular complexity index is 1410. The van der Waals surface area contributed by atoms with E-state index in [0.29, 0.717) is 64.3 Å². The van der Waals surface area contributed by atoms with Gasteiger partial charge in [-0.15, -0.1) is 0 Å². The van der Waals surface area contributed by atoms with Gasteiger partial charge >= 0.3 is 0 Å². The average Bonchev–Trinajstić information content (AvgIpc) is 3.47. The van der Waals surface area contributed by atoms with E-state index in [-0.39, 0.29) is 5.91 Å². The summed E-state index contributed by atoms with van der Waals surface area (Å²) < 4.78 is 12.7. The summed E-state index contributed by atoms with van der Waals surface area (Å²) >= 11 is 7.95. The highest BCUT2D eigenvalue weighted by atomic mass is 35.5. The van der Waals surface area contributed by atoms with Crippen LogP contribution in [0, 0.1) is 6.92 Å². The minimum Gasteiger partial charge on any atom is -0.378 e. The van der Waals surface area contributed by atoms with E-state index in [4.69, 9.17) is 30.8 Å². The normalized spacial score (nSPS) is 14.0. The van der Waals surface area contributed by atoms with Crippen LogP contribution < -0.4 is 10.2 Å². The Morgan fingerprint density at radius 3 is 2.76 bits per heavy atom. The Labute approximate surface area is 223 Å². The predicted molar refractivity (Wildman–Crippen MR) is 143 cm³/mol. The first kappa shape index (κ1) is 25.5. The van der Waals surface area contributed by atoms with Crippen LogP contribution in [0.25, 0.3) is 22.3 Å². The highest BCUT2D eigenvalue weighted by molar-refractivity contribution is 7.99. The standard InChI is InChI=1S/C25H28ClN7O3S/c1-15(2)37-25-29-22(32-10-12-35-13-11-32)18-14-28-33(23(18)30-25)9-8-27-24(34)20-16(3)36-31-21(20)17-6-4-5-7-19(17)26/h4-7,14-15H,8-13H2,1-3H3,(H,27,34). The Balaban J connectivity index is 1.36. The van der Waals surface area contributed by atoms with Crippen molar-refractivity contribution in [3.63, 3.8) is 0 Å². The zero-order valence-electron chi connectivity index (χ0n) is 20.9. The maximum Gasteiger partial charge on any atom is 0.257 e. The minimum absolute atomic E-state index is 0.287. The van der Waals surface area contributed by atoms with Gasteiger partial charge in [0.15, 0.2) is 10.8 Å². The molecule has 4 aromatic rings. The highest BCUT2D eigenvalue weighted by Crippen LogP contribution is 2.31. The highest BCUT2D eigenvalue weighted by Gasteiger charge is 2.24. The fourth-order valence-electron chi connectivity index (χ4n) is 4.20. The molecule has 0 bridgehead atoms. The lowest BCUT2D eigenvalue weighted by atomic mass is 10.1. The van der Waals surface area contributed by atoms with Crippen molar-refractivity contribution in [2.24, 2.45) is 0 Å². The van der Waals surface area contributed by atoms with Gasteiger partial charge in [-0.3, -0.25) is 4.79 Å². The topological polar surface area (TPSA) is 111 Å². The summed E-state index contributed by atoms with van der Waals surface area (Å²) in [6, 6.07) is 7.23. The number of carbonyl (C=O) groups is 1. The molecule has 4 heterocycles. The lowest BCUT2D eigenvalue weighted by Crippen LogP contribution is -2.37. The maximum atomic E-state index is 13.1. The van der Waals surface area contributed by atoms with Crippen molar-refractivity contribution in [2.75, 3.05) is 37.7 Å². The van der Waals surface area contributed by atoms with Crippen molar-refractivity contribution in [2.45, 2.75) is 37.7 Å². The number of carbonyl (C=O) groups excluding carboxylic acids is 1. The zero-order valence-corrected chi connectivity index (χ0v) is 22.5. The number of nitrogens with one attached hydrogen (secondary N) is 1. The Morgan fingerprint density at radius 2 is 2.00 bits per heavy atom. The number of ether oxygens (including phenoxy) is 1. The van der Waals surface area contributed by atoms with Gasteiger partial charge in [0.2, 0.25) is 0 Å². The van der Waals surface area contributed by atoms with Crippen LogP contribution in [0.15, 0.2) is 40.1 Å². The van der Waals surface area contributed by atoms with E-state index in [2.05, 4.69) is 34.3 Å². The molecule has 0 atom stereocenters. The summed E-state index contributed by atoms with van der Waals surface area (Å²) in [5.74, 6) is 1.01. The Hall–Kier alpha value is -3.15. The molecule has 0 radical (unpaired) electrons. The van der Waals surface area contributed by atoms with Crippen molar-refractivity contribution >= 4 is 46.1 Å². The predicted octanol–water partition coefficient (Wildman–Crippen LogP) is 4.21. The molecule has 12 heteroatoms. The first-order chi connectivity index (χ1) is 17.9. The molecule has 1 N–H and O–H groups in total. The molecule has 1 aromatic carbocycles. The third-order valence-corrected chi connectivity index (χ3v) is 7.13. The van der Waals surface area contributed by atoms with Crippen LogP contribution in [0.2, 0.25) is 5.02 Å². The average molecular weight is 542 g/mol. The summed E-state index contributed by atoms with van der Waals surface area (Å²) in [4.78, 5) is 25.0. The van der Waals surface area contributed by atoms with E-state index in [1.165, 1.54) is 0 Å². The summed E-state index contributed by atoms with van der Waals surface area (Å²) in [5, 5.41) is 14.1. The number of anilines is 1. The van der Waals surface area contributed by atoms with Gasteiger partial charge in [-0.1, -0.05) is 60.6 Å². The molecule has 0 unspecified atom stereocenters. The number of amides is 1. The van der Waals surface area contributed by atoms with Crippen LogP contribution in [-0.4, -0.2) is 68.9 Å². The first-order valence-corrected chi connectivity index (χ1v) is 13.4. The molecular formula is C25H28ClN7O3S. The SMILES string of the molecule is Cc1onc(-c2ccccc2Cl)c1C(=O)NCCn1ncc2c(N3CCOCC3)nc(SC(C)C)nc21. The van der Waals surface area contributed by atoms with Gasteiger partial charge in [0.25, 0.3) is 5.91 Å². The molecule has 194 valence electrons. The molecule has 1 fully saturated rings. The number of aromatic nitrogens is 5. The second-order valence-corrected chi connectivity index (χ2v) is 10.8. The van der Waals surface area contributed by atoms with E-state index in [1.807, 2.05) is 18.2 Å². The maximum absolute atomic E-state index is 13.1. The third kappa shape index (κ3) is 5.43. The molecular weight excluding hydrogens is 514 g/mol. The van der Waals surface area contributed by atoms with Crippen molar-refractivity contribution in [3.8, 4) is 11.3 Å². The van der Waals surface area contributed by atoms with E-state index in [0.717, 1.165) is 29.9 Å². The number of benzene rings is 1. The summed E-state index contributed by atoms with van der Waals surface area (Å²) in [6.07, 6.45) is 1.80. The molecule has 10 nitrogen and oxygen atoms in total. The van der Waals surface area contributed by atoms with E-state index in [1.54, 1.807) is 35.6 Å². The second kappa shape index (κ2) is 11.1. The van der Waals surface area contributed by atoms with Gasteiger partial charge < -0.3 is 19.5 Å². The number of thioether (sulfide) groups is 1. The first-order valence-electron chi connectivity index (χ1n) is 12.1. The van der Waals surface area contributed by atoms with E-state index in [9.17, 15) is 4.79 Å². The van der Waals surface area contributed by atoms with Crippen LogP contribution in [0.4, 0.5) is 5.82 Å². The smallest absolute Gasteiger partial charge is 0.257 e. The minimum atomic E-state index is -0.287. The quantitative estimate of drug-likeness (QED) is 0.259. The third-order valence-electron chi connectivity index (χ3n) is 5.94. The number of nitrogens with zero attached hydrogens (tertiary/aromatic N) is 6. The zero-order chi connectivity index (χ0) is 25.9. The number of halogens is 1. The molecule has 1 aliphatic heterocycles. The van der Waals surface area contributed by atoms with E-state index < -0.39 is 0 Å².